The molecule has 0 bridgehead atoms. The Kier molecular flexibility index (Phi) is 5.33. The molecule has 2 aromatic rings. The second kappa shape index (κ2) is 7.22. The van der Waals surface area contributed by atoms with Gasteiger partial charge in [-0.3, -0.25) is 0 Å². The van der Waals surface area contributed by atoms with Crippen molar-refractivity contribution in [3.05, 3.63) is 41.5 Å². The van der Waals surface area contributed by atoms with E-state index < -0.39 is 0 Å². The van der Waals surface area contributed by atoms with E-state index in [-0.39, 0.29) is 6.04 Å². The standard InChI is InChI=1S/C16H24N4O/c1-5-17-9-14-8-6-7-13(4)16(14)21-10-15-18-11-19-20(15)12(2)3/h6-8,11-12,17H,5,9-10H2,1-4H3. The molecule has 0 aliphatic heterocycles. The smallest absolute Gasteiger partial charge is 0.165 e. The van der Waals surface area contributed by atoms with E-state index in [4.69, 9.17) is 4.74 Å². The lowest BCUT2D eigenvalue weighted by Crippen LogP contribution is -2.14. The Hall–Kier alpha value is -1.88. The molecule has 114 valence electrons. The number of aryl methyl sites for hydroxylation is 1. The zero-order chi connectivity index (χ0) is 15.2. The second-order valence-corrected chi connectivity index (χ2v) is 5.35. The van der Waals surface area contributed by atoms with Gasteiger partial charge in [0.05, 0.1) is 0 Å². The van der Waals surface area contributed by atoms with E-state index in [1.807, 2.05) is 4.68 Å². The summed E-state index contributed by atoms with van der Waals surface area (Å²) in [5, 5.41) is 7.58. The van der Waals surface area contributed by atoms with Gasteiger partial charge in [-0.25, -0.2) is 9.67 Å². The molecular formula is C16H24N4O. The van der Waals surface area contributed by atoms with Crippen LogP contribution in [0.15, 0.2) is 24.5 Å². The third-order valence-electron chi connectivity index (χ3n) is 3.34. The largest absolute Gasteiger partial charge is 0.485 e. The van der Waals surface area contributed by atoms with Gasteiger partial charge >= 0.3 is 0 Å². The average molecular weight is 288 g/mol. The molecule has 0 atom stereocenters. The Balaban J connectivity index is 2.13. The first-order chi connectivity index (χ1) is 10.1. The molecule has 0 saturated heterocycles. The lowest BCUT2D eigenvalue weighted by Gasteiger charge is -2.15. The summed E-state index contributed by atoms with van der Waals surface area (Å²) in [6, 6.07) is 6.51. The van der Waals surface area contributed by atoms with Crippen molar-refractivity contribution in [2.75, 3.05) is 6.54 Å². The number of aromatic nitrogens is 3. The number of nitrogens with one attached hydrogen (secondary N) is 1. The van der Waals surface area contributed by atoms with Crippen molar-refractivity contribution in [2.45, 2.75) is 46.9 Å². The van der Waals surface area contributed by atoms with Crippen LogP contribution >= 0.6 is 0 Å². The topological polar surface area (TPSA) is 52.0 Å². The van der Waals surface area contributed by atoms with E-state index in [9.17, 15) is 0 Å². The van der Waals surface area contributed by atoms with Crippen molar-refractivity contribution in [2.24, 2.45) is 0 Å². The summed E-state index contributed by atoms with van der Waals surface area (Å²) in [4.78, 5) is 4.29. The van der Waals surface area contributed by atoms with E-state index in [0.717, 1.165) is 30.2 Å². The summed E-state index contributed by atoms with van der Waals surface area (Å²) in [5.74, 6) is 1.79. The highest BCUT2D eigenvalue weighted by Gasteiger charge is 2.11. The molecule has 0 aliphatic carbocycles. The highest BCUT2D eigenvalue weighted by Crippen LogP contribution is 2.24. The van der Waals surface area contributed by atoms with Gasteiger partial charge in [0.25, 0.3) is 0 Å². The van der Waals surface area contributed by atoms with Gasteiger partial charge in [-0.05, 0) is 32.9 Å². The van der Waals surface area contributed by atoms with Crippen molar-refractivity contribution >= 4 is 0 Å². The van der Waals surface area contributed by atoms with Crippen LogP contribution in [0.4, 0.5) is 0 Å². The summed E-state index contributed by atoms with van der Waals surface area (Å²) in [5.41, 5.74) is 2.31. The molecule has 0 amide bonds. The molecule has 0 spiro atoms. The number of benzene rings is 1. The van der Waals surface area contributed by atoms with Crippen LogP contribution in [0.25, 0.3) is 0 Å². The number of para-hydroxylation sites is 1. The molecule has 0 radical (unpaired) electrons. The van der Waals surface area contributed by atoms with Crippen LogP contribution in [0.2, 0.25) is 0 Å². The minimum absolute atomic E-state index is 0.282. The molecule has 1 aromatic heterocycles. The molecule has 0 unspecified atom stereocenters. The predicted octanol–water partition coefficient (Wildman–Crippen LogP) is 2.86. The van der Waals surface area contributed by atoms with Crippen LogP contribution in [0.5, 0.6) is 5.75 Å². The third-order valence-corrected chi connectivity index (χ3v) is 3.34. The number of hydrogen-bond donors (Lipinski definition) is 1. The maximum atomic E-state index is 6.04. The minimum Gasteiger partial charge on any atom is -0.485 e. The fourth-order valence-corrected chi connectivity index (χ4v) is 2.26. The SMILES string of the molecule is CCNCc1cccc(C)c1OCc1ncnn1C(C)C. The lowest BCUT2D eigenvalue weighted by atomic mass is 10.1. The fraction of sp³-hybridized carbons (Fsp3) is 0.500. The molecular weight excluding hydrogens is 264 g/mol. The Morgan fingerprint density at radius 1 is 1.33 bits per heavy atom. The molecule has 5 nitrogen and oxygen atoms in total. The molecule has 1 aromatic carbocycles. The second-order valence-electron chi connectivity index (χ2n) is 5.35. The number of ether oxygens (including phenoxy) is 1. The van der Waals surface area contributed by atoms with Crippen LogP contribution in [-0.2, 0) is 13.2 Å². The molecule has 1 heterocycles. The van der Waals surface area contributed by atoms with E-state index in [1.54, 1.807) is 6.33 Å². The molecule has 2 rings (SSSR count). The molecule has 1 N–H and O–H groups in total. The normalized spacial score (nSPS) is 11.1. The summed E-state index contributed by atoms with van der Waals surface area (Å²) in [6.45, 7) is 10.5. The van der Waals surface area contributed by atoms with Crippen LogP contribution in [-0.4, -0.2) is 21.3 Å². The highest BCUT2D eigenvalue weighted by atomic mass is 16.5. The van der Waals surface area contributed by atoms with Gasteiger partial charge in [0, 0.05) is 18.2 Å². The van der Waals surface area contributed by atoms with E-state index >= 15 is 0 Å². The van der Waals surface area contributed by atoms with Crippen LogP contribution in [0, 0.1) is 6.92 Å². The number of hydrogen-bond acceptors (Lipinski definition) is 4. The van der Waals surface area contributed by atoms with Crippen LogP contribution < -0.4 is 10.1 Å². The van der Waals surface area contributed by atoms with Gasteiger partial charge in [0.2, 0.25) is 0 Å². The lowest BCUT2D eigenvalue weighted by molar-refractivity contribution is 0.277. The van der Waals surface area contributed by atoms with Gasteiger partial charge in [-0.15, -0.1) is 0 Å². The summed E-state index contributed by atoms with van der Waals surface area (Å²) >= 11 is 0. The zero-order valence-electron chi connectivity index (χ0n) is 13.3. The highest BCUT2D eigenvalue weighted by molar-refractivity contribution is 5.40. The molecule has 0 saturated carbocycles. The first-order valence-electron chi connectivity index (χ1n) is 7.43. The van der Waals surface area contributed by atoms with Crippen molar-refractivity contribution in [3.63, 3.8) is 0 Å². The zero-order valence-corrected chi connectivity index (χ0v) is 13.3. The predicted molar refractivity (Wildman–Crippen MR) is 83.3 cm³/mol. The third kappa shape index (κ3) is 3.82. The maximum Gasteiger partial charge on any atom is 0.165 e. The summed E-state index contributed by atoms with van der Waals surface area (Å²) in [7, 11) is 0. The van der Waals surface area contributed by atoms with E-state index in [2.05, 4.69) is 61.3 Å². The van der Waals surface area contributed by atoms with Gasteiger partial charge < -0.3 is 10.1 Å². The molecule has 5 heteroatoms. The van der Waals surface area contributed by atoms with Gasteiger partial charge in [0.15, 0.2) is 5.82 Å². The van der Waals surface area contributed by atoms with Crippen molar-refractivity contribution in [1.29, 1.82) is 0 Å². The Morgan fingerprint density at radius 2 is 2.14 bits per heavy atom. The first kappa shape index (κ1) is 15.5. The van der Waals surface area contributed by atoms with Crippen LogP contribution in [0.1, 0.15) is 43.8 Å². The Labute approximate surface area is 126 Å². The molecule has 0 fully saturated rings. The monoisotopic (exact) mass is 288 g/mol. The Bertz CT molecular complexity index is 577. The maximum absolute atomic E-state index is 6.04. The summed E-state index contributed by atoms with van der Waals surface area (Å²) < 4.78 is 7.93. The minimum atomic E-state index is 0.282. The fourth-order valence-electron chi connectivity index (χ4n) is 2.26. The Morgan fingerprint density at radius 3 is 2.86 bits per heavy atom. The van der Waals surface area contributed by atoms with E-state index in [1.165, 1.54) is 5.56 Å². The number of rotatable bonds is 7. The van der Waals surface area contributed by atoms with Crippen molar-refractivity contribution in [3.8, 4) is 5.75 Å². The van der Waals surface area contributed by atoms with Crippen molar-refractivity contribution in [1.82, 2.24) is 20.1 Å². The first-order valence-corrected chi connectivity index (χ1v) is 7.43. The quantitative estimate of drug-likeness (QED) is 0.851. The molecule has 0 aliphatic rings. The average Bonchev–Trinajstić information content (AvgIpc) is 2.92. The van der Waals surface area contributed by atoms with Crippen LogP contribution in [0.3, 0.4) is 0 Å². The van der Waals surface area contributed by atoms with Gasteiger partial charge in [-0.2, -0.15) is 5.10 Å². The van der Waals surface area contributed by atoms with Gasteiger partial charge in [0.1, 0.15) is 18.7 Å². The van der Waals surface area contributed by atoms with Crippen molar-refractivity contribution < 1.29 is 4.74 Å². The summed E-state index contributed by atoms with van der Waals surface area (Å²) in [6.07, 6.45) is 1.58. The molecule has 21 heavy (non-hydrogen) atoms. The number of nitrogens with zero attached hydrogens (tertiary/aromatic N) is 3. The van der Waals surface area contributed by atoms with Gasteiger partial charge in [-0.1, -0.05) is 25.1 Å². The van der Waals surface area contributed by atoms with E-state index in [0.29, 0.717) is 6.61 Å².